The van der Waals surface area contributed by atoms with E-state index in [1.165, 1.54) is 10.8 Å². The number of nitrogens with two attached hydrogens (primary N) is 1. The average Bonchev–Trinajstić information content (AvgIpc) is 2.81. The topological polar surface area (TPSA) is 74.8 Å². The number of aryl methyl sites for hydroxylation is 1. The lowest BCUT2D eigenvalue weighted by Gasteiger charge is -2.15. The summed E-state index contributed by atoms with van der Waals surface area (Å²) in [7, 11) is 0. The molecule has 0 atom stereocenters. The molecule has 0 saturated heterocycles. The molecule has 0 aliphatic heterocycles. The Balaban J connectivity index is 1.53. The van der Waals surface area contributed by atoms with Crippen LogP contribution >= 0.6 is 0 Å². The molecule has 32 heavy (non-hydrogen) atoms. The summed E-state index contributed by atoms with van der Waals surface area (Å²) in [5, 5.41) is 14.3. The largest absolute Gasteiger partial charge is 0.398 e. The zero-order chi connectivity index (χ0) is 22.5. The summed E-state index contributed by atoms with van der Waals surface area (Å²) < 4.78 is 0. The number of anilines is 1. The van der Waals surface area contributed by atoms with E-state index in [0.29, 0.717) is 23.5 Å². The number of nitrogen functional groups attached to an aromatic ring is 1. The molecule has 0 fully saturated rings. The van der Waals surface area contributed by atoms with Crippen LogP contribution in [0.4, 0.5) is 5.69 Å². The monoisotopic (exact) mass is 418 g/mol. The Morgan fingerprint density at radius 2 is 1.84 bits per heavy atom. The van der Waals surface area contributed by atoms with Gasteiger partial charge < -0.3 is 16.5 Å². The predicted octanol–water partition coefficient (Wildman–Crippen LogP) is 5.97. The third-order valence-corrected chi connectivity index (χ3v) is 5.46. The van der Waals surface area contributed by atoms with Crippen LogP contribution in [0.15, 0.2) is 91.8 Å². The maximum absolute atomic E-state index is 8.60. The molecule has 4 nitrogen and oxygen atoms in total. The second-order valence-electron chi connectivity index (χ2n) is 7.80. The van der Waals surface area contributed by atoms with Crippen molar-refractivity contribution in [2.75, 3.05) is 5.73 Å². The van der Waals surface area contributed by atoms with E-state index in [9.17, 15) is 0 Å². The molecule has 4 rings (SSSR count). The van der Waals surface area contributed by atoms with Gasteiger partial charge >= 0.3 is 0 Å². The molecule has 0 aliphatic rings. The van der Waals surface area contributed by atoms with Crippen molar-refractivity contribution in [1.82, 2.24) is 10.3 Å². The van der Waals surface area contributed by atoms with Crippen LogP contribution in [0, 0.1) is 12.3 Å². The molecule has 0 saturated carbocycles. The van der Waals surface area contributed by atoms with Crippen molar-refractivity contribution in [3.63, 3.8) is 0 Å². The van der Waals surface area contributed by atoms with E-state index >= 15 is 0 Å². The Morgan fingerprint density at radius 1 is 1.03 bits per heavy atom. The molecule has 1 aromatic heterocycles. The first-order valence-corrected chi connectivity index (χ1v) is 10.5. The Labute approximate surface area is 188 Å². The molecule has 0 spiro atoms. The van der Waals surface area contributed by atoms with E-state index in [4.69, 9.17) is 11.1 Å². The summed E-state index contributed by atoms with van der Waals surface area (Å²) in [6.45, 7) is 6.82. The molecule has 3 aromatic carbocycles. The lowest BCUT2D eigenvalue weighted by atomic mass is 9.97. The molecule has 4 heteroatoms. The lowest BCUT2D eigenvalue weighted by Crippen LogP contribution is -2.13. The van der Waals surface area contributed by atoms with Crippen LogP contribution in [-0.4, -0.2) is 10.7 Å². The van der Waals surface area contributed by atoms with Crippen LogP contribution < -0.4 is 11.1 Å². The highest BCUT2D eigenvalue weighted by Gasteiger charge is 2.11. The minimum absolute atomic E-state index is 0.358. The number of hydrogen-bond acceptors (Lipinski definition) is 4. The van der Waals surface area contributed by atoms with E-state index in [1.807, 2.05) is 55.6 Å². The number of allylic oxidation sites excluding steroid dienone is 1. The predicted molar refractivity (Wildman–Crippen MR) is 136 cm³/mol. The van der Waals surface area contributed by atoms with Crippen molar-refractivity contribution in [3.8, 4) is 0 Å². The number of rotatable bonds is 7. The van der Waals surface area contributed by atoms with Crippen LogP contribution in [0.5, 0.6) is 0 Å². The Morgan fingerprint density at radius 3 is 2.62 bits per heavy atom. The molecule has 0 bridgehead atoms. The summed E-state index contributed by atoms with van der Waals surface area (Å²) in [5.74, 6) is 0. The molecule has 0 amide bonds. The second-order valence-corrected chi connectivity index (χ2v) is 7.80. The number of fused-ring (bicyclic) bond motifs is 1. The van der Waals surface area contributed by atoms with Crippen LogP contribution in [0.3, 0.4) is 0 Å². The van der Waals surface area contributed by atoms with Gasteiger partial charge in [-0.05, 0) is 64.7 Å². The quantitative estimate of drug-likeness (QED) is 0.256. The molecule has 1 heterocycles. The maximum Gasteiger partial charge on any atom is 0.0633 e. The molecule has 158 valence electrons. The summed E-state index contributed by atoms with van der Waals surface area (Å²) in [6, 6.07) is 22.3. The van der Waals surface area contributed by atoms with E-state index in [-0.39, 0.29) is 0 Å². The van der Waals surface area contributed by atoms with E-state index in [2.05, 4.69) is 47.2 Å². The number of pyridine rings is 1. The molecular weight excluding hydrogens is 392 g/mol. The lowest BCUT2D eigenvalue weighted by molar-refractivity contribution is 0.883. The number of benzene rings is 3. The fourth-order valence-corrected chi connectivity index (χ4v) is 3.68. The van der Waals surface area contributed by atoms with Gasteiger partial charge in [0, 0.05) is 41.4 Å². The zero-order valence-electron chi connectivity index (χ0n) is 18.1. The van der Waals surface area contributed by atoms with Gasteiger partial charge in [0.1, 0.15) is 0 Å². The smallest absolute Gasteiger partial charge is 0.0633 e. The third kappa shape index (κ3) is 4.76. The summed E-state index contributed by atoms with van der Waals surface area (Å²) in [4.78, 5) is 4.14. The van der Waals surface area contributed by atoms with Gasteiger partial charge in [-0.3, -0.25) is 4.98 Å². The first-order chi connectivity index (χ1) is 15.5. The highest BCUT2D eigenvalue weighted by atomic mass is 14.9. The van der Waals surface area contributed by atoms with Crippen molar-refractivity contribution in [3.05, 3.63) is 120 Å². The summed E-state index contributed by atoms with van der Waals surface area (Å²) >= 11 is 0. The minimum Gasteiger partial charge on any atom is -0.398 e. The van der Waals surface area contributed by atoms with Gasteiger partial charge in [-0.15, -0.1) is 0 Å². The molecular formula is C28H26N4. The Bertz CT molecular complexity index is 1320. The summed E-state index contributed by atoms with van der Waals surface area (Å²) in [6.07, 6.45) is 7.32. The number of nitrogens with zero attached hydrogens (tertiary/aromatic N) is 1. The Kier molecular flexibility index (Phi) is 6.13. The second kappa shape index (κ2) is 9.31. The number of hydrogen-bond donors (Lipinski definition) is 3. The SMILES string of the molecule is C=C(NCc1cccnc1)c1cc(C(=N)/C=C/c2ccc3ccccc3c2)c(N)cc1C. The van der Waals surface area contributed by atoms with Gasteiger partial charge in [0.25, 0.3) is 0 Å². The van der Waals surface area contributed by atoms with Gasteiger partial charge in [0.15, 0.2) is 0 Å². The highest BCUT2D eigenvalue weighted by Crippen LogP contribution is 2.24. The molecule has 0 radical (unpaired) electrons. The van der Waals surface area contributed by atoms with Crippen molar-refractivity contribution in [2.24, 2.45) is 0 Å². The van der Waals surface area contributed by atoms with Crippen molar-refractivity contribution in [2.45, 2.75) is 13.5 Å². The van der Waals surface area contributed by atoms with E-state index in [0.717, 1.165) is 28.0 Å². The highest BCUT2D eigenvalue weighted by molar-refractivity contribution is 6.12. The van der Waals surface area contributed by atoms with Crippen LogP contribution in [0.2, 0.25) is 0 Å². The van der Waals surface area contributed by atoms with Crippen LogP contribution in [-0.2, 0) is 6.54 Å². The van der Waals surface area contributed by atoms with Gasteiger partial charge in [-0.1, -0.05) is 55.1 Å². The van der Waals surface area contributed by atoms with Crippen molar-refractivity contribution in [1.29, 1.82) is 5.41 Å². The minimum atomic E-state index is 0.358. The van der Waals surface area contributed by atoms with Crippen molar-refractivity contribution >= 4 is 33.9 Å². The molecule has 4 N–H and O–H groups in total. The third-order valence-electron chi connectivity index (χ3n) is 5.46. The molecule has 0 unspecified atom stereocenters. The van der Waals surface area contributed by atoms with Crippen LogP contribution in [0.1, 0.15) is 27.8 Å². The zero-order valence-corrected chi connectivity index (χ0v) is 18.1. The van der Waals surface area contributed by atoms with E-state index in [1.54, 1.807) is 12.3 Å². The molecule has 0 aliphatic carbocycles. The Hall–Kier alpha value is -4.18. The summed E-state index contributed by atoms with van der Waals surface area (Å²) in [5.41, 5.74) is 12.8. The standard InChI is InChI=1S/C28H26N4/c1-19-14-28(30)26(16-25(19)20(2)32-18-22-6-5-13-31-17-22)27(29)12-10-21-9-11-23-7-3-4-8-24(23)15-21/h3-17,29,32H,2,18,30H2,1H3/b12-10+,29-27?. The first kappa shape index (κ1) is 21.1. The van der Waals surface area contributed by atoms with Crippen LogP contribution in [0.25, 0.3) is 22.5 Å². The maximum atomic E-state index is 8.60. The fourth-order valence-electron chi connectivity index (χ4n) is 3.68. The van der Waals surface area contributed by atoms with Gasteiger partial charge in [-0.25, -0.2) is 0 Å². The van der Waals surface area contributed by atoms with Gasteiger partial charge in [0.2, 0.25) is 0 Å². The average molecular weight is 419 g/mol. The van der Waals surface area contributed by atoms with Gasteiger partial charge in [0.05, 0.1) is 5.71 Å². The normalized spacial score (nSPS) is 11.0. The first-order valence-electron chi connectivity index (χ1n) is 10.5. The van der Waals surface area contributed by atoms with Crippen molar-refractivity contribution < 1.29 is 0 Å². The molecule has 4 aromatic rings. The number of aromatic nitrogens is 1. The van der Waals surface area contributed by atoms with Gasteiger partial charge in [-0.2, -0.15) is 0 Å². The number of nitrogens with one attached hydrogen (secondary N) is 2. The van der Waals surface area contributed by atoms with E-state index < -0.39 is 0 Å². The fraction of sp³-hybridized carbons (Fsp3) is 0.0714.